The first kappa shape index (κ1) is 63.3. The highest BCUT2D eigenvalue weighted by Crippen LogP contribution is 2.23. The zero-order chi connectivity index (χ0) is 49.0. The summed E-state index contributed by atoms with van der Waals surface area (Å²) in [6.07, 6.45) is 43.5. The van der Waals surface area contributed by atoms with Crippen LogP contribution in [-0.4, -0.2) is 110 Å². The lowest BCUT2D eigenvalue weighted by Gasteiger charge is -2.40. The third kappa shape index (κ3) is 34.3. The summed E-state index contributed by atoms with van der Waals surface area (Å²) in [5, 5.41) is 75.9. The Balaban J connectivity index is 2.34. The molecule has 1 aliphatic rings. The van der Waals surface area contributed by atoms with Gasteiger partial charge in [-0.15, -0.1) is 0 Å². The molecule has 1 aliphatic heterocycles. The van der Waals surface area contributed by atoms with Crippen LogP contribution < -0.4 is 5.32 Å². The minimum Gasteiger partial charge on any atom is -0.394 e. The molecule has 0 saturated carbocycles. The lowest BCUT2D eigenvalue weighted by Crippen LogP contribution is -2.60. The van der Waals surface area contributed by atoms with Crippen LogP contribution in [0, 0.1) is 0 Å². The first-order valence-electron chi connectivity index (χ1n) is 27.9. The van der Waals surface area contributed by atoms with Crippen molar-refractivity contribution in [2.24, 2.45) is 0 Å². The van der Waals surface area contributed by atoms with Gasteiger partial charge in [-0.1, -0.05) is 217 Å². The standard InChI is InChI=1S/C56H105NO10/c1-3-5-7-9-11-13-15-17-18-19-20-21-22-23-24-25-26-27-28-29-30-32-33-35-37-39-41-43-48(59)51(61)47(46-66-56-54(64)53(63)52(62)50(45-58)67-56)57-55(65)49(60)44-42-40-38-36-34-31-16-14-12-10-8-6-4-2/h25-26,29-30,35,37,47-54,56,58-64H,3-24,27-28,31-34,36,38-46H2,1-2H3,(H,57,65)/b26-25+,30-29+,37-35+. The van der Waals surface area contributed by atoms with E-state index in [1.165, 1.54) is 154 Å². The molecule has 0 aromatic heterocycles. The van der Waals surface area contributed by atoms with E-state index in [0.29, 0.717) is 19.3 Å². The van der Waals surface area contributed by atoms with E-state index in [4.69, 9.17) is 9.47 Å². The molecule has 0 aliphatic carbocycles. The topological polar surface area (TPSA) is 189 Å². The number of rotatable bonds is 47. The van der Waals surface area contributed by atoms with Crippen molar-refractivity contribution in [3.8, 4) is 0 Å². The van der Waals surface area contributed by atoms with E-state index >= 15 is 0 Å². The predicted octanol–water partition coefficient (Wildman–Crippen LogP) is 11.1. The molecule has 1 fully saturated rings. The molecular weight excluding hydrogens is 847 g/mol. The summed E-state index contributed by atoms with van der Waals surface area (Å²) in [5.74, 6) is -0.712. The van der Waals surface area contributed by atoms with Crippen molar-refractivity contribution >= 4 is 5.91 Å². The van der Waals surface area contributed by atoms with Gasteiger partial charge in [-0.2, -0.15) is 0 Å². The van der Waals surface area contributed by atoms with Gasteiger partial charge in [0.2, 0.25) is 5.91 Å². The van der Waals surface area contributed by atoms with E-state index in [9.17, 15) is 40.5 Å². The van der Waals surface area contributed by atoms with Gasteiger partial charge >= 0.3 is 0 Å². The van der Waals surface area contributed by atoms with Crippen molar-refractivity contribution in [3.05, 3.63) is 36.5 Å². The van der Waals surface area contributed by atoms with Gasteiger partial charge in [0.05, 0.1) is 25.4 Å². The average molecular weight is 952 g/mol. The van der Waals surface area contributed by atoms with E-state index < -0.39 is 74.2 Å². The summed E-state index contributed by atoms with van der Waals surface area (Å²) < 4.78 is 11.1. The largest absolute Gasteiger partial charge is 0.394 e. The molecule has 0 aromatic carbocycles. The highest BCUT2D eigenvalue weighted by Gasteiger charge is 2.44. The van der Waals surface area contributed by atoms with Crippen LogP contribution in [0.2, 0.25) is 0 Å². The number of hydrogen-bond donors (Lipinski definition) is 8. The third-order valence-corrected chi connectivity index (χ3v) is 13.4. The van der Waals surface area contributed by atoms with Crippen LogP contribution in [0.25, 0.3) is 0 Å². The number of unbranched alkanes of at least 4 members (excludes halogenated alkanes) is 29. The van der Waals surface area contributed by atoms with E-state index in [2.05, 4.69) is 55.6 Å². The molecule has 67 heavy (non-hydrogen) atoms. The molecule has 9 atom stereocenters. The molecule has 0 aromatic rings. The number of aliphatic hydroxyl groups excluding tert-OH is 7. The molecule has 11 nitrogen and oxygen atoms in total. The minimum atomic E-state index is -1.67. The molecule has 1 amide bonds. The van der Waals surface area contributed by atoms with Gasteiger partial charge in [0.1, 0.15) is 36.6 Å². The second-order valence-corrected chi connectivity index (χ2v) is 19.6. The SMILES string of the molecule is CCCCCCCCCCCCCCCC/C=C/CC/C=C/CC/C=C/CCCC(O)C(O)C(COC1OC(CO)C(O)C(O)C1O)NC(=O)C(O)CCCCCCCCCCCCCCC. The maximum absolute atomic E-state index is 13.1. The molecule has 1 saturated heterocycles. The zero-order valence-electron chi connectivity index (χ0n) is 42.9. The summed E-state index contributed by atoms with van der Waals surface area (Å²) in [6.45, 7) is 3.44. The maximum atomic E-state index is 13.1. The highest BCUT2D eigenvalue weighted by atomic mass is 16.7. The summed E-state index contributed by atoms with van der Waals surface area (Å²) >= 11 is 0. The Bertz CT molecular complexity index is 1180. The van der Waals surface area contributed by atoms with Crippen molar-refractivity contribution in [1.29, 1.82) is 0 Å². The quantitative estimate of drug-likeness (QED) is 0.0215. The lowest BCUT2D eigenvalue weighted by atomic mass is 9.98. The second-order valence-electron chi connectivity index (χ2n) is 19.6. The summed E-state index contributed by atoms with van der Waals surface area (Å²) in [4.78, 5) is 13.1. The van der Waals surface area contributed by atoms with Crippen LogP contribution >= 0.6 is 0 Å². The third-order valence-electron chi connectivity index (χ3n) is 13.4. The smallest absolute Gasteiger partial charge is 0.249 e. The number of hydrogen-bond acceptors (Lipinski definition) is 10. The Hall–Kier alpha value is -1.67. The molecule has 9 unspecified atom stereocenters. The number of allylic oxidation sites excluding steroid dienone is 6. The normalized spacial score (nSPS) is 20.9. The Kier molecular flexibility index (Phi) is 43.0. The zero-order valence-corrected chi connectivity index (χ0v) is 42.9. The van der Waals surface area contributed by atoms with Gasteiger partial charge < -0.3 is 50.5 Å². The fraction of sp³-hybridized carbons (Fsp3) is 0.875. The lowest BCUT2D eigenvalue weighted by molar-refractivity contribution is -0.303. The van der Waals surface area contributed by atoms with E-state index in [-0.39, 0.29) is 12.8 Å². The molecule has 394 valence electrons. The number of amides is 1. The first-order chi connectivity index (χ1) is 32.7. The van der Waals surface area contributed by atoms with Crippen molar-refractivity contribution in [2.45, 2.75) is 300 Å². The van der Waals surface area contributed by atoms with Crippen molar-refractivity contribution in [1.82, 2.24) is 5.32 Å². The van der Waals surface area contributed by atoms with Crippen molar-refractivity contribution < 1.29 is 50.0 Å². The molecule has 0 radical (unpaired) electrons. The van der Waals surface area contributed by atoms with Crippen LogP contribution in [0.4, 0.5) is 0 Å². The monoisotopic (exact) mass is 952 g/mol. The Morgan fingerprint density at radius 1 is 0.507 bits per heavy atom. The van der Waals surface area contributed by atoms with Gasteiger partial charge in [0.15, 0.2) is 6.29 Å². The van der Waals surface area contributed by atoms with E-state index in [1.807, 2.05) is 0 Å². The highest BCUT2D eigenvalue weighted by molar-refractivity contribution is 5.80. The molecule has 1 heterocycles. The van der Waals surface area contributed by atoms with Crippen LogP contribution in [0.3, 0.4) is 0 Å². The summed E-state index contributed by atoms with van der Waals surface area (Å²) in [5.41, 5.74) is 0. The maximum Gasteiger partial charge on any atom is 0.249 e. The van der Waals surface area contributed by atoms with Gasteiger partial charge in [-0.25, -0.2) is 0 Å². The number of aliphatic hydroxyl groups is 7. The number of ether oxygens (including phenoxy) is 2. The van der Waals surface area contributed by atoms with Crippen LogP contribution in [0.1, 0.15) is 245 Å². The van der Waals surface area contributed by atoms with E-state index in [1.54, 1.807) is 0 Å². The summed E-state index contributed by atoms with van der Waals surface area (Å²) in [6, 6.07) is -1.19. The molecule has 11 heteroatoms. The van der Waals surface area contributed by atoms with Gasteiger partial charge in [0, 0.05) is 0 Å². The summed E-state index contributed by atoms with van der Waals surface area (Å²) in [7, 11) is 0. The number of carbonyl (C=O) groups excluding carboxylic acids is 1. The fourth-order valence-electron chi connectivity index (χ4n) is 8.83. The molecule has 1 rings (SSSR count). The van der Waals surface area contributed by atoms with Crippen molar-refractivity contribution in [2.75, 3.05) is 13.2 Å². The Morgan fingerprint density at radius 3 is 1.33 bits per heavy atom. The number of carbonyl (C=O) groups is 1. The van der Waals surface area contributed by atoms with Crippen molar-refractivity contribution in [3.63, 3.8) is 0 Å². The van der Waals surface area contributed by atoms with E-state index in [0.717, 1.165) is 44.9 Å². The fourth-order valence-corrected chi connectivity index (χ4v) is 8.83. The van der Waals surface area contributed by atoms with Crippen LogP contribution in [0.15, 0.2) is 36.5 Å². The van der Waals surface area contributed by atoms with Crippen LogP contribution in [0.5, 0.6) is 0 Å². The Morgan fingerprint density at radius 2 is 0.896 bits per heavy atom. The Labute approximate surface area is 409 Å². The first-order valence-corrected chi connectivity index (χ1v) is 27.9. The van der Waals surface area contributed by atoms with Gasteiger partial charge in [0.25, 0.3) is 0 Å². The minimum absolute atomic E-state index is 0.242. The molecule has 0 spiro atoms. The molecule has 8 N–H and O–H groups in total. The molecular formula is C56H105NO10. The molecule has 0 bridgehead atoms. The van der Waals surface area contributed by atoms with Gasteiger partial charge in [-0.3, -0.25) is 4.79 Å². The van der Waals surface area contributed by atoms with Crippen LogP contribution in [-0.2, 0) is 14.3 Å². The average Bonchev–Trinajstić information content (AvgIpc) is 3.33. The second kappa shape index (κ2) is 45.5. The predicted molar refractivity (Wildman–Crippen MR) is 275 cm³/mol. The number of nitrogens with one attached hydrogen (secondary N) is 1. The van der Waals surface area contributed by atoms with Gasteiger partial charge in [-0.05, 0) is 64.2 Å².